The van der Waals surface area contributed by atoms with E-state index in [-0.39, 0.29) is 0 Å². The molecule has 0 aliphatic carbocycles. The minimum atomic E-state index is 0.576. The molecule has 0 N–H and O–H groups in total. The van der Waals surface area contributed by atoms with Crippen LogP contribution in [0.1, 0.15) is 100 Å². The molecule has 0 nitrogen and oxygen atoms in total. The van der Waals surface area contributed by atoms with Gasteiger partial charge in [-0.05, 0) is 71.0 Å². The molecule has 0 spiro atoms. The molecule has 0 aromatic heterocycles. The van der Waals surface area contributed by atoms with Crippen LogP contribution in [0.15, 0.2) is 41.3 Å². The zero-order valence-corrected chi connectivity index (χ0v) is 19.1. The van der Waals surface area contributed by atoms with Crippen LogP contribution >= 0.6 is 11.8 Å². The first-order chi connectivity index (χ1) is 13.0. The lowest BCUT2D eigenvalue weighted by molar-refractivity contribution is 0.656. The summed E-state index contributed by atoms with van der Waals surface area (Å²) in [5.41, 5.74) is 7.71. The largest absolute Gasteiger partial charge is 0.121 e. The van der Waals surface area contributed by atoms with E-state index >= 15 is 0 Å². The van der Waals surface area contributed by atoms with Crippen LogP contribution in [0, 0.1) is 0 Å². The van der Waals surface area contributed by atoms with Gasteiger partial charge < -0.3 is 0 Å². The van der Waals surface area contributed by atoms with Gasteiger partial charge in [0.05, 0.1) is 0 Å². The normalized spacial score (nSPS) is 12.6. The van der Waals surface area contributed by atoms with Crippen molar-refractivity contribution in [3.63, 3.8) is 0 Å². The fourth-order valence-electron chi connectivity index (χ4n) is 3.90. The minimum absolute atomic E-state index is 0.576. The van der Waals surface area contributed by atoms with Crippen molar-refractivity contribution < 1.29 is 0 Å². The topological polar surface area (TPSA) is 0 Å². The molecule has 0 saturated heterocycles. The van der Waals surface area contributed by atoms with Gasteiger partial charge in [-0.1, -0.05) is 78.6 Å². The maximum absolute atomic E-state index is 2.52. The van der Waals surface area contributed by atoms with E-state index in [0.29, 0.717) is 11.8 Å². The Kier molecular flexibility index (Phi) is 8.96. The average Bonchev–Trinajstić information content (AvgIpc) is 2.67. The third kappa shape index (κ3) is 6.14. The SMILES string of the molecule is CCCc1cc(C(C)C)c(CSc2ccc(CC)cc2)c(C(C)CCC)c1. The predicted molar refractivity (Wildman–Crippen MR) is 123 cm³/mol. The Bertz CT molecular complexity index is 697. The van der Waals surface area contributed by atoms with Crippen LogP contribution < -0.4 is 0 Å². The number of aryl methyl sites for hydroxylation is 2. The van der Waals surface area contributed by atoms with Gasteiger partial charge in [-0.25, -0.2) is 0 Å². The molecule has 0 amide bonds. The van der Waals surface area contributed by atoms with Crippen LogP contribution in [0.4, 0.5) is 0 Å². The Balaban J connectivity index is 2.37. The summed E-state index contributed by atoms with van der Waals surface area (Å²) in [7, 11) is 0. The van der Waals surface area contributed by atoms with E-state index in [9.17, 15) is 0 Å². The number of hydrogen-bond acceptors (Lipinski definition) is 1. The van der Waals surface area contributed by atoms with Gasteiger partial charge >= 0.3 is 0 Å². The molecule has 0 radical (unpaired) electrons. The third-order valence-electron chi connectivity index (χ3n) is 5.51. The average molecular weight is 383 g/mol. The summed E-state index contributed by atoms with van der Waals surface area (Å²) in [6.07, 6.45) is 6.05. The number of thioether (sulfide) groups is 1. The van der Waals surface area contributed by atoms with Crippen LogP contribution in [0.3, 0.4) is 0 Å². The fraction of sp³-hybridized carbons (Fsp3) is 0.538. The molecule has 1 heteroatoms. The maximum Gasteiger partial charge on any atom is 0.0237 e. The van der Waals surface area contributed by atoms with Crippen molar-refractivity contribution >= 4 is 11.8 Å². The van der Waals surface area contributed by atoms with Crippen molar-refractivity contribution in [1.29, 1.82) is 0 Å². The second kappa shape index (κ2) is 11.0. The molecule has 2 aromatic rings. The van der Waals surface area contributed by atoms with Crippen LogP contribution in [0.2, 0.25) is 0 Å². The highest BCUT2D eigenvalue weighted by molar-refractivity contribution is 7.98. The zero-order valence-electron chi connectivity index (χ0n) is 18.3. The van der Waals surface area contributed by atoms with Gasteiger partial charge in [0.1, 0.15) is 0 Å². The van der Waals surface area contributed by atoms with Crippen molar-refractivity contribution in [1.82, 2.24) is 0 Å². The Morgan fingerprint density at radius 2 is 1.48 bits per heavy atom. The van der Waals surface area contributed by atoms with Gasteiger partial charge in [0.15, 0.2) is 0 Å². The van der Waals surface area contributed by atoms with E-state index in [2.05, 4.69) is 77.9 Å². The van der Waals surface area contributed by atoms with Crippen molar-refractivity contribution in [2.24, 2.45) is 0 Å². The molecule has 0 aliphatic heterocycles. The van der Waals surface area contributed by atoms with E-state index in [1.807, 2.05) is 11.8 Å². The van der Waals surface area contributed by atoms with Gasteiger partial charge in [0.2, 0.25) is 0 Å². The highest BCUT2D eigenvalue weighted by Gasteiger charge is 2.17. The smallest absolute Gasteiger partial charge is 0.0237 e. The Hall–Kier alpha value is -1.21. The first kappa shape index (κ1) is 22.1. The molecule has 0 aliphatic rings. The molecular weight excluding hydrogens is 344 g/mol. The predicted octanol–water partition coefficient (Wildman–Crippen LogP) is 8.52. The van der Waals surface area contributed by atoms with Crippen molar-refractivity contribution in [2.45, 2.75) is 96.1 Å². The van der Waals surface area contributed by atoms with E-state index in [1.54, 1.807) is 16.7 Å². The summed E-state index contributed by atoms with van der Waals surface area (Å²) in [5, 5.41) is 0. The van der Waals surface area contributed by atoms with E-state index in [4.69, 9.17) is 0 Å². The molecular formula is C26H38S. The summed E-state index contributed by atoms with van der Waals surface area (Å²) >= 11 is 1.99. The van der Waals surface area contributed by atoms with E-state index < -0.39 is 0 Å². The van der Waals surface area contributed by atoms with Gasteiger partial charge in [0.25, 0.3) is 0 Å². The van der Waals surface area contributed by atoms with Crippen molar-refractivity contribution in [3.8, 4) is 0 Å². The summed E-state index contributed by atoms with van der Waals surface area (Å²) in [6.45, 7) is 13.9. The summed E-state index contributed by atoms with van der Waals surface area (Å²) in [4.78, 5) is 1.38. The Labute approximate surface area is 172 Å². The van der Waals surface area contributed by atoms with Gasteiger partial charge in [-0.2, -0.15) is 0 Å². The van der Waals surface area contributed by atoms with Gasteiger partial charge in [-0.15, -0.1) is 11.8 Å². The summed E-state index contributed by atoms with van der Waals surface area (Å²) < 4.78 is 0. The van der Waals surface area contributed by atoms with Gasteiger partial charge in [0, 0.05) is 10.6 Å². The number of benzene rings is 2. The first-order valence-electron chi connectivity index (χ1n) is 10.9. The minimum Gasteiger partial charge on any atom is -0.121 e. The third-order valence-corrected chi connectivity index (χ3v) is 6.55. The Morgan fingerprint density at radius 1 is 0.815 bits per heavy atom. The molecule has 148 valence electrons. The second-order valence-electron chi connectivity index (χ2n) is 8.13. The fourth-order valence-corrected chi connectivity index (χ4v) is 4.87. The van der Waals surface area contributed by atoms with Crippen LogP contribution in [0.25, 0.3) is 0 Å². The monoisotopic (exact) mass is 382 g/mol. The molecule has 2 rings (SSSR count). The van der Waals surface area contributed by atoms with Crippen molar-refractivity contribution in [3.05, 3.63) is 64.2 Å². The highest BCUT2D eigenvalue weighted by Crippen LogP contribution is 2.36. The number of hydrogen-bond donors (Lipinski definition) is 0. The van der Waals surface area contributed by atoms with E-state index in [1.165, 1.54) is 41.7 Å². The molecule has 0 fully saturated rings. The molecule has 27 heavy (non-hydrogen) atoms. The van der Waals surface area contributed by atoms with Crippen molar-refractivity contribution in [2.75, 3.05) is 0 Å². The maximum atomic E-state index is 2.52. The highest BCUT2D eigenvalue weighted by atomic mass is 32.2. The zero-order chi connectivity index (χ0) is 19.8. The molecule has 1 atom stereocenters. The summed E-state index contributed by atoms with van der Waals surface area (Å²) in [5.74, 6) is 2.30. The molecule has 0 saturated carbocycles. The van der Waals surface area contributed by atoms with Crippen LogP contribution in [-0.2, 0) is 18.6 Å². The lowest BCUT2D eigenvalue weighted by atomic mass is 9.84. The van der Waals surface area contributed by atoms with Gasteiger partial charge in [-0.3, -0.25) is 0 Å². The van der Waals surface area contributed by atoms with E-state index in [0.717, 1.165) is 12.2 Å². The van der Waals surface area contributed by atoms with Crippen LogP contribution in [0.5, 0.6) is 0 Å². The lowest BCUT2D eigenvalue weighted by Gasteiger charge is -2.23. The lowest BCUT2D eigenvalue weighted by Crippen LogP contribution is -2.06. The quantitative estimate of drug-likeness (QED) is 0.371. The van der Waals surface area contributed by atoms with Crippen LogP contribution in [-0.4, -0.2) is 0 Å². The second-order valence-corrected chi connectivity index (χ2v) is 9.18. The number of rotatable bonds is 10. The molecule has 0 heterocycles. The molecule has 0 bridgehead atoms. The molecule has 2 aromatic carbocycles. The standard InChI is InChI=1S/C26H38S/c1-7-10-20(6)25-17-22(11-8-2)16-24(19(4)5)26(25)18-27-23-14-12-21(9-3)13-15-23/h12-17,19-20H,7-11,18H2,1-6H3. The Morgan fingerprint density at radius 3 is 2.04 bits per heavy atom. The summed E-state index contributed by atoms with van der Waals surface area (Å²) in [6, 6.07) is 14.1. The molecule has 1 unspecified atom stereocenters. The first-order valence-corrected chi connectivity index (χ1v) is 11.9.